The molecule has 0 unspecified atom stereocenters. The summed E-state index contributed by atoms with van der Waals surface area (Å²) in [5.74, 6) is -0.373. The SMILES string of the molecule is N#Cc1c(O)c2c(cc(Cl)n2-c2ccccc2)[nH]c1=O. The number of para-hydroxylation sites is 1. The maximum absolute atomic E-state index is 11.7. The van der Waals surface area contributed by atoms with Gasteiger partial charge in [0.05, 0.1) is 5.52 Å². The third kappa shape index (κ3) is 1.67. The van der Waals surface area contributed by atoms with Crippen molar-refractivity contribution in [1.29, 1.82) is 5.26 Å². The summed E-state index contributed by atoms with van der Waals surface area (Å²) in [4.78, 5) is 14.2. The van der Waals surface area contributed by atoms with Crippen LogP contribution in [-0.2, 0) is 0 Å². The van der Waals surface area contributed by atoms with E-state index >= 15 is 0 Å². The number of benzene rings is 1. The highest BCUT2D eigenvalue weighted by molar-refractivity contribution is 6.31. The molecule has 2 heterocycles. The molecule has 2 aromatic heterocycles. The van der Waals surface area contributed by atoms with Gasteiger partial charge in [0.1, 0.15) is 16.7 Å². The predicted molar refractivity (Wildman–Crippen MR) is 75.3 cm³/mol. The highest BCUT2D eigenvalue weighted by atomic mass is 35.5. The van der Waals surface area contributed by atoms with E-state index in [0.717, 1.165) is 5.69 Å². The summed E-state index contributed by atoms with van der Waals surface area (Å²) in [5.41, 5.74) is 0.431. The summed E-state index contributed by atoms with van der Waals surface area (Å²) < 4.78 is 1.57. The van der Waals surface area contributed by atoms with E-state index in [-0.39, 0.29) is 11.3 Å². The zero-order valence-corrected chi connectivity index (χ0v) is 10.8. The van der Waals surface area contributed by atoms with Crippen LogP contribution in [0, 0.1) is 11.3 Å². The Bertz CT molecular complexity index is 904. The number of halogens is 1. The monoisotopic (exact) mass is 285 g/mol. The minimum atomic E-state index is -0.639. The highest BCUT2D eigenvalue weighted by Gasteiger charge is 2.18. The van der Waals surface area contributed by atoms with E-state index in [4.69, 9.17) is 16.9 Å². The number of rotatable bonds is 1. The fourth-order valence-corrected chi connectivity index (χ4v) is 2.44. The van der Waals surface area contributed by atoms with Gasteiger partial charge in [0.2, 0.25) is 0 Å². The molecule has 2 N–H and O–H groups in total. The lowest BCUT2D eigenvalue weighted by atomic mass is 10.2. The van der Waals surface area contributed by atoms with Crippen molar-refractivity contribution in [3.8, 4) is 17.5 Å². The largest absolute Gasteiger partial charge is 0.504 e. The molecule has 0 amide bonds. The van der Waals surface area contributed by atoms with E-state index < -0.39 is 5.56 Å². The predicted octanol–water partition coefficient (Wildman–Crippen LogP) is 2.55. The Balaban J connectivity index is 2.48. The van der Waals surface area contributed by atoms with Crippen LogP contribution in [0.15, 0.2) is 41.2 Å². The molecule has 3 rings (SSSR count). The van der Waals surface area contributed by atoms with Crippen LogP contribution in [0.3, 0.4) is 0 Å². The number of nitrogens with one attached hydrogen (secondary N) is 1. The van der Waals surface area contributed by atoms with E-state index in [1.807, 2.05) is 30.3 Å². The van der Waals surface area contributed by atoms with Crippen molar-refractivity contribution in [2.45, 2.75) is 0 Å². The number of nitriles is 1. The van der Waals surface area contributed by atoms with Gasteiger partial charge < -0.3 is 10.1 Å². The second-order valence-corrected chi connectivity index (χ2v) is 4.58. The van der Waals surface area contributed by atoms with Gasteiger partial charge in [0.25, 0.3) is 5.56 Å². The third-order valence-corrected chi connectivity index (χ3v) is 3.30. The van der Waals surface area contributed by atoms with E-state index in [9.17, 15) is 9.90 Å². The minimum absolute atomic E-state index is 0.303. The lowest BCUT2D eigenvalue weighted by molar-refractivity contribution is 0.476. The fourth-order valence-electron chi connectivity index (χ4n) is 2.15. The number of hydrogen-bond acceptors (Lipinski definition) is 3. The van der Waals surface area contributed by atoms with E-state index in [0.29, 0.717) is 16.2 Å². The summed E-state index contributed by atoms with van der Waals surface area (Å²) >= 11 is 6.17. The average molecular weight is 286 g/mol. The first-order valence-electron chi connectivity index (χ1n) is 5.75. The first-order valence-corrected chi connectivity index (χ1v) is 6.13. The first kappa shape index (κ1) is 12.3. The lowest BCUT2D eigenvalue weighted by Crippen LogP contribution is -2.10. The van der Waals surface area contributed by atoms with Gasteiger partial charge in [-0.3, -0.25) is 9.36 Å². The number of nitrogens with zero attached hydrogens (tertiary/aromatic N) is 2. The summed E-state index contributed by atoms with van der Waals surface area (Å²) in [6.45, 7) is 0. The van der Waals surface area contributed by atoms with E-state index in [1.165, 1.54) is 6.07 Å². The zero-order valence-electron chi connectivity index (χ0n) is 10.1. The van der Waals surface area contributed by atoms with Crippen LogP contribution in [-0.4, -0.2) is 14.7 Å². The van der Waals surface area contributed by atoms with Crippen LogP contribution in [0.25, 0.3) is 16.7 Å². The first-order chi connectivity index (χ1) is 9.63. The van der Waals surface area contributed by atoms with Crippen molar-refractivity contribution < 1.29 is 5.11 Å². The fraction of sp³-hybridized carbons (Fsp3) is 0. The molecule has 98 valence electrons. The molecule has 0 fully saturated rings. The van der Waals surface area contributed by atoms with Gasteiger partial charge in [-0.15, -0.1) is 0 Å². The Morgan fingerprint density at radius 1 is 1.30 bits per heavy atom. The van der Waals surface area contributed by atoms with Gasteiger partial charge in [-0.1, -0.05) is 29.8 Å². The number of hydrogen-bond donors (Lipinski definition) is 2. The standard InChI is InChI=1S/C14H8ClN3O2/c15-11-6-10-12(13(19)9(7-16)14(20)17-10)18(11)8-4-2-1-3-5-8/h1-6H,(H2,17,19,20). The Morgan fingerprint density at radius 2 is 2.00 bits per heavy atom. The van der Waals surface area contributed by atoms with Gasteiger partial charge in [0.15, 0.2) is 11.3 Å². The minimum Gasteiger partial charge on any atom is -0.504 e. The summed E-state index contributed by atoms with van der Waals surface area (Å²) in [6, 6.07) is 12.3. The highest BCUT2D eigenvalue weighted by Crippen LogP contribution is 2.32. The van der Waals surface area contributed by atoms with Crippen LogP contribution < -0.4 is 5.56 Å². The van der Waals surface area contributed by atoms with Crippen LogP contribution in [0.5, 0.6) is 5.75 Å². The molecule has 1 aromatic carbocycles. The van der Waals surface area contributed by atoms with Gasteiger partial charge in [-0.05, 0) is 18.2 Å². The second-order valence-electron chi connectivity index (χ2n) is 4.19. The summed E-state index contributed by atoms with van der Waals surface area (Å²) in [6.07, 6.45) is 0. The van der Waals surface area contributed by atoms with Crippen molar-refractivity contribution in [3.63, 3.8) is 0 Å². The Hall–Kier alpha value is -2.71. The molecule has 0 aliphatic rings. The smallest absolute Gasteiger partial charge is 0.270 e. The molecule has 0 atom stereocenters. The maximum atomic E-state index is 11.7. The molecule has 0 spiro atoms. The van der Waals surface area contributed by atoms with Crippen LogP contribution in [0.2, 0.25) is 5.15 Å². The van der Waals surface area contributed by atoms with Gasteiger partial charge >= 0.3 is 0 Å². The normalized spacial score (nSPS) is 10.6. The molecule has 0 saturated carbocycles. The summed E-state index contributed by atoms with van der Waals surface area (Å²) in [7, 11) is 0. The van der Waals surface area contributed by atoms with Crippen molar-refractivity contribution in [2.24, 2.45) is 0 Å². The molecule has 0 aliphatic heterocycles. The van der Waals surface area contributed by atoms with E-state index in [1.54, 1.807) is 10.6 Å². The summed E-state index contributed by atoms with van der Waals surface area (Å²) in [5, 5.41) is 19.4. The number of H-pyrrole nitrogens is 1. The number of aromatic hydroxyl groups is 1. The molecule has 0 aliphatic carbocycles. The molecule has 0 saturated heterocycles. The number of aromatic nitrogens is 2. The second kappa shape index (κ2) is 4.44. The molecule has 20 heavy (non-hydrogen) atoms. The van der Waals surface area contributed by atoms with Gasteiger partial charge in [0, 0.05) is 5.69 Å². The van der Waals surface area contributed by atoms with Crippen molar-refractivity contribution in [2.75, 3.05) is 0 Å². The molecule has 3 aromatic rings. The number of fused-ring (bicyclic) bond motifs is 1. The van der Waals surface area contributed by atoms with Crippen molar-refractivity contribution in [1.82, 2.24) is 9.55 Å². The Labute approximate surface area is 118 Å². The van der Waals surface area contributed by atoms with Crippen molar-refractivity contribution >= 4 is 22.6 Å². The van der Waals surface area contributed by atoms with Gasteiger partial charge in [-0.2, -0.15) is 5.26 Å². The molecular formula is C14H8ClN3O2. The molecule has 0 bridgehead atoms. The molecule has 0 radical (unpaired) electrons. The number of aromatic amines is 1. The van der Waals surface area contributed by atoms with Crippen LogP contribution in [0.1, 0.15) is 5.56 Å². The van der Waals surface area contributed by atoms with Crippen LogP contribution in [0.4, 0.5) is 0 Å². The topological polar surface area (TPSA) is 81.8 Å². The molecular weight excluding hydrogens is 278 g/mol. The van der Waals surface area contributed by atoms with Crippen LogP contribution >= 0.6 is 11.6 Å². The Kier molecular flexibility index (Phi) is 2.74. The maximum Gasteiger partial charge on any atom is 0.270 e. The Morgan fingerprint density at radius 3 is 2.65 bits per heavy atom. The average Bonchev–Trinajstić information content (AvgIpc) is 2.76. The molecule has 5 nitrogen and oxygen atoms in total. The zero-order chi connectivity index (χ0) is 14.3. The number of pyridine rings is 1. The van der Waals surface area contributed by atoms with Crippen molar-refractivity contribution in [3.05, 3.63) is 57.5 Å². The molecule has 6 heteroatoms. The quantitative estimate of drug-likeness (QED) is 0.721. The van der Waals surface area contributed by atoms with E-state index in [2.05, 4.69) is 4.98 Å². The van der Waals surface area contributed by atoms with Gasteiger partial charge in [-0.25, -0.2) is 0 Å². The lowest BCUT2D eigenvalue weighted by Gasteiger charge is -2.08. The third-order valence-electron chi connectivity index (χ3n) is 3.02.